The van der Waals surface area contributed by atoms with Gasteiger partial charge >= 0.3 is 0 Å². The van der Waals surface area contributed by atoms with Gasteiger partial charge in [0.05, 0.1) is 22.3 Å². The van der Waals surface area contributed by atoms with Gasteiger partial charge in [0.1, 0.15) is 0 Å². The number of rotatable bonds is 5. The highest BCUT2D eigenvalue weighted by Gasteiger charge is 2.22. The van der Waals surface area contributed by atoms with Crippen LogP contribution in [0.4, 0.5) is 0 Å². The van der Waals surface area contributed by atoms with E-state index in [9.17, 15) is 8.42 Å². The zero-order valence-corrected chi connectivity index (χ0v) is 12.6. The largest absolute Gasteiger partial charge is 0.302 e. The van der Waals surface area contributed by atoms with Crippen molar-refractivity contribution in [3.8, 4) is 6.07 Å². The maximum atomic E-state index is 12.2. The summed E-state index contributed by atoms with van der Waals surface area (Å²) in [7, 11) is -1.26. The van der Waals surface area contributed by atoms with Gasteiger partial charge < -0.3 is 4.90 Å². The maximum Gasteiger partial charge on any atom is 0.179 e. The highest BCUT2D eigenvalue weighted by Crippen LogP contribution is 2.22. The Morgan fingerprint density at radius 1 is 1.25 bits per heavy atom. The molecule has 0 aliphatic heterocycles. The lowest BCUT2D eigenvalue weighted by atomic mass is 10.2. The quantitative estimate of drug-likeness (QED) is 0.834. The van der Waals surface area contributed by atoms with Crippen LogP contribution in [0.1, 0.15) is 31.2 Å². The average Bonchev–Trinajstić information content (AvgIpc) is 2.99. The van der Waals surface area contributed by atoms with Crippen molar-refractivity contribution in [2.24, 2.45) is 0 Å². The summed E-state index contributed by atoms with van der Waals surface area (Å²) in [5.41, 5.74) is 0.479. The lowest BCUT2D eigenvalue weighted by molar-refractivity contribution is 0.259. The van der Waals surface area contributed by atoms with E-state index in [1.165, 1.54) is 37.8 Å². The molecule has 1 aliphatic carbocycles. The van der Waals surface area contributed by atoms with Gasteiger partial charge in [-0.2, -0.15) is 5.26 Å². The summed E-state index contributed by atoms with van der Waals surface area (Å²) in [5, 5.41) is 8.72. The van der Waals surface area contributed by atoms with Crippen LogP contribution < -0.4 is 0 Å². The lowest BCUT2D eigenvalue weighted by Crippen LogP contribution is -2.33. The van der Waals surface area contributed by atoms with E-state index in [0.29, 0.717) is 23.0 Å². The Hall–Kier alpha value is -1.38. The summed E-state index contributed by atoms with van der Waals surface area (Å²) in [4.78, 5) is 2.46. The molecule has 1 aromatic rings. The number of sulfone groups is 1. The Labute approximate surface area is 120 Å². The molecule has 1 aliphatic rings. The monoisotopic (exact) mass is 292 g/mol. The molecule has 0 spiro atoms. The smallest absolute Gasteiger partial charge is 0.179 e. The summed E-state index contributed by atoms with van der Waals surface area (Å²) < 4.78 is 24.5. The average molecular weight is 292 g/mol. The van der Waals surface area contributed by atoms with Crippen LogP contribution in [0.2, 0.25) is 0 Å². The fourth-order valence-corrected chi connectivity index (χ4v) is 3.96. The molecule has 1 fully saturated rings. The van der Waals surface area contributed by atoms with Gasteiger partial charge in [-0.05, 0) is 44.2 Å². The molecule has 4 nitrogen and oxygen atoms in total. The van der Waals surface area contributed by atoms with Crippen LogP contribution in [-0.2, 0) is 9.84 Å². The molecule has 0 amide bonds. The van der Waals surface area contributed by atoms with Crippen LogP contribution in [0.3, 0.4) is 0 Å². The highest BCUT2D eigenvalue weighted by atomic mass is 32.2. The minimum Gasteiger partial charge on any atom is -0.302 e. The van der Waals surface area contributed by atoms with Crippen molar-refractivity contribution in [3.63, 3.8) is 0 Å². The van der Waals surface area contributed by atoms with E-state index in [0.717, 1.165) is 0 Å². The second-order valence-corrected chi connectivity index (χ2v) is 7.48. The second-order valence-electron chi connectivity index (χ2n) is 5.37. The van der Waals surface area contributed by atoms with E-state index in [1.807, 2.05) is 13.1 Å². The lowest BCUT2D eigenvalue weighted by Gasteiger charge is -2.23. The molecule has 2 rings (SSSR count). The van der Waals surface area contributed by atoms with Gasteiger partial charge in [-0.3, -0.25) is 0 Å². The van der Waals surface area contributed by atoms with Crippen molar-refractivity contribution in [2.45, 2.75) is 36.6 Å². The minimum absolute atomic E-state index is 0.131. The predicted octanol–water partition coefficient (Wildman–Crippen LogP) is 2.21. The van der Waals surface area contributed by atoms with Crippen LogP contribution in [0.5, 0.6) is 0 Å². The number of hydrogen-bond donors (Lipinski definition) is 0. The fraction of sp³-hybridized carbons (Fsp3) is 0.533. The first-order chi connectivity index (χ1) is 9.53. The van der Waals surface area contributed by atoms with Gasteiger partial charge in [-0.15, -0.1) is 0 Å². The number of hydrogen-bond acceptors (Lipinski definition) is 4. The number of benzene rings is 1. The molecular formula is C15H20N2O2S. The van der Waals surface area contributed by atoms with E-state index < -0.39 is 9.84 Å². The standard InChI is InChI=1S/C15H20N2O2S/c1-17(14-4-2-3-5-14)10-11-20(18,19)15-8-6-13(12-16)7-9-15/h6-9,14H,2-5,10-11H2,1H3. The first kappa shape index (κ1) is 15.0. The van der Waals surface area contributed by atoms with Crippen molar-refractivity contribution < 1.29 is 8.42 Å². The molecule has 1 aromatic carbocycles. The molecule has 0 unspecified atom stereocenters. The third-order valence-corrected chi connectivity index (χ3v) is 5.71. The molecule has 0 N–H and O–H groups in total. The Morgan fingerprint density at radius 3 is 2.40 bits per heavy atom. The molecule has 108 valence electrons. The summed E-state index contributed by atoms with van der Waals surface area (Å²) in [6.45, 7) is 0.563. The maximum absolute atomic E-state index is 12.2. The number of nitrogens with zero attached hydrogens (tertiary/aromatic N) is 2. The topological polar surface area (TPSA) is 61.2 Å². The summed E-state index contributed by atoms with van der Waals surface area (Å²) in [6, 6.07) is 8.66. The molecule has 0 aromatic heterocycles. The van der Waals surface area contributed by atoms with Crippen molar-refractivity contribution in [1.29, 1.82) is 5.26 Å². The molecule has 0 radical (unpaired) electrons. The van der Waals surface area contributed by atoms with E-state index in [4.69, 9.17) is 5.26 Å². The summed E-state index contributed by atoms with van der Waals surface area (Å²) >= 11 is 0. The van der Waals surface area contributed by atoms with Gasteiger partial charge in [-0.1, -0.05) is 12.8 Å². The van der Waals surface area contributed by atoms with Gasteiger partial charge in [0.2, 0.25) is 0 Å². The predicted molar refractivity (Wildman–Crippen MR) is 78.1 cm³/mol. The Kier molecular flexibility index (Phi) is 4.79. The fourth-order valence-electron chi connectivity index (χ4n) is 2.65. The van der Waals surface area contributed by atoms with E-state index >= 15 is 0 Å². The third kappa shape index (κ3) is 3.59. The minimum atomic E-state index is -3.26. The first-order valence-electron chi connectivity index (χ1n) is 6.96. The molecule has 5 heteroatoms. The van der Waals surface area contributed by atoms with Crippen molar-refractivity contribution in [3.05, 3.63) is 29.8 Å². The molecule has 0 bridgehead atoms. The SMILES string of the molecule is CN(CCS(=O)(=O)c1ccc(C#N)cc1)C1CCCC1. The molecule has 20 heavy (non-hydrogen) atoms. The molecule has 0 saturated heterocycles. The van der Waals surface area contributed by atoms with E-state index in [2.05, 4.69) is 4.90 Å². The molecular weight excluding hydrogens is 272 g/mol. The van der Waals surface area contributed by atoms with Crippen LogP contribution in [0.25, 0.3) is 0 Å². The van der Waals surface area contributed by atoms with Gasteiger partial charge in [0.25, 0.3) is 0 Å². The van der Waals surface area contributed by atoms with Crippen LogP contribution in [-0.4, -0.2) is 38.7 Å². The van der Waals surface area contributed by atoms with Gasteiger partial charge in [0, 0.05) is 12.6 Å². The summed E-state index contributed by atoms with van der Waals surface area (Å²) in [6.07, 6.45) is 4.84. The molecule has 0 heterocycles. The Bertz CT molecular complexity index is 581. The zero-order valence-electron chi connectivity index (χ0n) is 11.7. The van der Waals surface area contributed by atoms with E-state index in [-0.39, 0.29) is 5.75 Å². The normalized spacial score (nSPS) is 16.4. The summed E-state index contributed by atoms with van der Waals surface area (Å²) in [5.74, 6) is 0.131. The Morgan fingerprint density at radius 2 is 1.85 bits per heavy atom. The van der Waals surface area contributed by atoms with Crippen molar-refractivity contribution in [1.82, 2.24) is 4.90 Å². The second kappa shape index (κ2) is 6.38. The van der Waals surface area contributed by atoms with Crippen LogP contribution in [0.15, 0.2) is 29.2 Å². The number of nitriles is 1. The Balaban J connectivity index is 1.97. The first-order valence-corrected chi connectivity index (χ1v) is 8.61. The van der Waals surface area contributed by atoms with Crippen molar-refractivity contribution in [2.75, 3.05) is 19.3 Å². The van der Waals surface area contributed by atoms with Gasteiger partial charge in [-0.25, -0.2) is 8.42 Å². The van der Waals surface area contributed by atoms with Crippen molar-refractivity contribution >= 4 is 9.84 Å². The third-order valence-electron chi connectivity index (χ3n) is 4.00. The van der Waals surface area contributed by atoms with Crippen LogP contribution >= 0.6 is 0 Å². The van der Waals surface area contributed by atoms with E-state index in [1.54, 1.807) is 12.1 Å². The van der Waals surface area contributed by atoms with Gasteiger partial charge in [0.15, 0.2) is 9.84 Å². The van der Waals surface area contributed by atoms with Crippen LogP contribution in [0, 0.1) is 11.3 Å². The molecule has 0 atom stereocenters. The highest BCUT2D eigenvalue weighted by molar-refractivity contribution is 7.91. The molecule has 1 saturated carbocycles. The zero-order chi connectivity index (χ0) is 14.6.